The summed E-state index contributed by atoms with van der Waals surface area (Å²) in [6, 6.07) is 23.1. The summed E-state index contributed by atoms with van der Waals surface area (Å²) in [5.41, 5.74) is 6.52. The van der Waals surface area contributed by atoms with E-state index in [1.54, 1.807) is 36.3 Å². The van der Waals surface area contributed by atoms with Crippen molar-refractivity contribution in [2.24, 2.45) is 0 Å². The third-order valence-electron chi connectivity index (χ3n) is 9.01. The van der Waals surface area contributed by atoms with Crippen molar-refractivity contribution in [2.75, 3.05) is 33.9 Å². The molecule has 11 nitrogen and oxygen atoms in total. The molecule has 0 spiro atoms. The van der Waals surface area contributed by atoms with Gasteiger partial charge in [0, 0.05) is 50.4 Å². The number of methoxy groups -OCH3 is 2. The number of carbonyl (C=O) groups excluding carboxylic acids is 2. The van der Waals surface area contributed by atoms with Gasteiger partial charge in [0.05, 0.1) is 47.6 Å². The number of fused-ring (bicyclic) bond motifs is 1. The highest BCUT2D eigenvalue weighted by atomic mass is 19.1. The standard InChI is InChI=1S/C42H42FN5O6/c1-42(2,3)54-41(50)47-17-15-28(16-18-47)33-22-30(35-7-6-8-39(46-35)53-26-32-10-9-27(25-44)21-34(32)43)12-11-29(33)24-38-45-36-14-13-31(40(49)52-5)23-37(36)48(38)19-20-51-4/h6-15,21-23H,16-20,24,26H2,1-5H3. The minimum atomic E-state index is -0.601. The molecule has 0 unspecified atom stereocenters. The van der Waals surface area contributed by atoms with Crippen LogP contribution in [0, 0.1) is 17.1 Å². The molecule has 0 saturated heterocycles. The van der Waals surface area contributed by atoms with Crippen LogP contribution in [0.15, 0.2) is 78.9 Å². The van der Waals surface area contributed by atoms with E-state index in [-0.39, 0.29) is 18.3 Å². The lowest BCUT2D eigenvalue weighted by Crippen LogP contribution is -2.39. The molecular weight excluding hydrogens is 689 g/mol. The fourth-order valence-electron chi connectivity index (χ4n) is 6.29. The normalized spacial score (nSPS) is 13.0. The lowest BCUT2D eigenvalue weighted by molar-refractivity contribution is 0.0270. The Hall–Kier alpha value is -6.06. The molecule has 5 aromatic rings. The van der Waals surface area contributed by atoms with E-state index in [9.17, 15) is 14.0 Å². The number of esters is 1. The molecule has 1 amide bonds. The van der Waals surface area contributed by atoms with Gasteiger partial charge < -0.3 is 28.4 Å². The number of carbonyl (C=O) groups is 2. The van der Waals surface area contributed by atoms with Crippen LogP contribution in [0.3, 0.4) is 0 Å². The number of benzene rings is 3. The number of pyridine rings is 1. The van der Waals surface area contributed by atoms with Crippen molar-refractivity contribution in [2.45, 2.75) is 52.4 Å². The molecule has 0 aliphatic carbocycles. The van der Waals surface area contributed by atoms with E-state index in [1.165, 1.54) is 19.2 Å². The first kappa shape index (κ1) is 37.7. The van der Waals surface area contributed by atoms with Crippen LogP contribution in [0.4, 0.5) is 9.18 Å². The smallest absolute Gasteiger partial charge is 0.410 e. The van der Waals surface area contributed by atoms with Gasteiger partial charge in [-0.3, -0.25) is 0 Å². The van der Waals surface area contributed by atoms with E-state index < -0.39 is 17.4 Å². The summed E-state index contributed by atoms with van der Waals surface area (Å²) in [6.07, 6.45) is 2.78. The molecule has 12 heteroatoms. The Kier molecular flexibility index (Phi) is 11.4. The Morgan fingerprint density at radius 1 is 0.981 bits per heavy atom. The number of hydrogen-bond donors (Lipinski definition) is 0. The highest BCUT2D eigenvalue weighted by molar-refractivity contribution is 5.93. The predicted molar refractivity (Wildman–Crippen MR) is 201 cm³/mol. The maximum absolute atomic E-state index is 14.5. The first-order valence-corrected chi connectivity index (χ1v) is 17.6. The van der Waals surface area contributed by atoms with Crippen molar-refractivity contribution in [3.05, 3.63) is 118 Å². The zero-order valence-corrected chi connectivity index (χ0v) is 31.0. The molecule has 6 rings (SSSR count). The van der Waals surface area contributed by atoms with Gasteiger partial charge in [-0.2, -0.15) is 5.26 Å². The molecule has 3 aromatic carbocycles. The van der Waals surface area contributed by atoms with E-state index in [4.69, 9.17) is 34.2 Å². The zero-order valence-electron chi connectivity index (χ0n) is 31.0. The second kappa shape index (κ2) is 16.3. The number of rotatable bonds is 11. The number of imidazole rings is 1. The van der Waals surface area contributed by atoms with Crippen molar-refractivity contribution in [1.82, 2.24) is 19.4 Å². The van der Waals surface area contributed by atoms with Crippen LogP contribution in [0.1, 0.15) is 65.6 Å². The van der Waals surface area contributed by atoms with E-state index >= 15 is 0 Å². The Bertz CT molecular complexity index is 2270. The number of ether oxygens (including phenoxy) is 4. The molecule has 0 fully saturated rings. The summed E-state index contributed by atoms with van der Waals surface area (Å²) >= 11 is 0. The lowest BCUT2D eigenvalue weighted by Gasteiger charge is -2.30. The third kappa shape index (κ3) is 8.76. The summed E-state index contributed by atoms with van der Waals surface area (Å²) in [7, 11) is 3.00. The Labute approximate surface area is 313 Å². The summed E-state index contributed by atoms with van der Waals surface area (Å²) in [4.78, 5) is 36.7. The molecule has 278 valence electrons. The largest absolute Gasteiger partial charge is 0.473 e. The maximum Gasteiger partial charge on any atom is 0.410 e. The number of halogens is 1. The average molecular weight is 732 g/mol. The fourth-order valence-corrected chi connectivity index (χ4v) is 6.29. The summed E-state index contributed by atoms with van der Waals surface area (Å²) in [6.45, 7) is 7.35. The fraction of sp³-hybridized carbons (Fsp3) is 0.310. The van der Waals surface area contributed by atoms with Crippen molar-refractivity contribution < 1.29 is 32.9 Å². The number of nitriles is 1. The van der Waals surface area contributed by atoms with Crippen LogP contribution in [0.2, 0.25) is 0 Å². The average Bonchev–Trinajstić information content (AvgIpc) is 3.51. The summed E-state index contributed by atoms with van der Waals surface area (Å²) in [5.74, 6) is 0.180. The molecule has 54 heavy (non-hydrogen) atoms. The van der Waals surface area contributed by atoms with Gasteiger partial charge in [0.25, 0.3) is 0 Å². The van der Waals surface area contributed by atoms with Crippen molar-refractivity contribution in [3.8, 4) is 23.2 Å². The first-order valence-electron chi connectivity index (χ1n) is 17.6. The van der Waals surface area contributed by atoms with E-state index in [0.29, 0.717) is 61.8 Å². The topological polar surface area (TPSA) is 129 Å². The number of nitrogens with zero attached hydrogens (tertiary/aromatic N) is 5. The molecule has 1 aliphatic heterocycles. The summed E-state index contributed by atoms with van der Waals surface area (Å²) in [5, 5.41) is 9.07. The van der Waals surface area contributed by atoms with Gasteiger partial charge in [-0.05, 0) is 86.4 Å². The van der Waals surface area contributed by atoms with Gasteiger partial charge in [0.1, 0.15) is 23.8 Å². The van der Waals surface area contributed by atoms with Gasteiger partial charge in [0.2, 0.25) is 5.88 Å². The van der Waals surface area contributed by atoms with E-state index in [2.05, 4.69) is 22.8 Å². The minimum Gasteiger partial charge on any atom is -0.473 e. The number of amides is 1. The Morgan fingerprint density at radius 3 is 2.50 bits per heavy atom. The van der Waals surface area contributed by atoms with Gasteiger partial charge in [0.15, 0.2) is 0 Å². The zero-order chi connectivity index (χ0) is 38.4. The van der Waals surface area contributed by atoms with Crippen molar-refractivity contribution >= 4 is 28.7 Å². The van der Waals surface area contributed by atoms with Gasteiger partial charge in [-0.15, -0.1) is 0 Å². The van der Waals surface area contributed by atoms with Gasteiger partial charge in [-0.1, -0.05) is 30.3 Å². The van der Waals surface area contributed by atoms with Crippen LogP contribution < -0.4 is 4.74 Å². The SMILES string of the molecule is COCCn1c(Cc2ccc(-c3cccc(OCc4ccc(C#N)cc4F)n3)cc2C2=CCN(C(=O)OC(C)(C)C)CC2)nc2ccc(C(=O)OC)cc21. The molecule has 3 heterocycles. The Balaban J connectivity index is 1.35. The molecule has 0 radical (unpaired) electrons. The van der Waals surface area contributed by atoms with Crippen molar-refractivity contribution in [3.63, 3.8) is 0 Å². The van der Waals surface area contributed by atoms with E-state index in [1.807, 2.05) is 51.1 Å². The molecule has 2 aromatic heterocycles. The second-order valence-corrected chi connectivity index (χ2v) is 13.9. The van der Waals surface area contributed by atoms with Crippen LogP contribution >= 0.6 is 0 Å². The third-order valence-corrected chi connectivity index (χ3v) is 9.01. The van der Waals surface area contributed by atoms with Crippen LogP contribution in [0.25, 0.3) is 27.9 Å². The van der Waals surface area contributed by atoms with Crippen molar-refractivity contribution in [1.29, 1.82) is 5.26 Å². The van der Waals surface area contributed by atoms with E-state index in [0.717, 1.165) is 39.1 Å². The monoisotopic (exact) mass is 731 g/mol. The van der Waals surface area contributed by atoms with Gasteiger partial charge in [-0.25, -0.2) is 23.9 Å². The predicted octanol–water partition coefficient (Wildman–Crippen LogP) is 7.74. The van der Waals surface area contributed by atoms with Crippen LogP contribution in [0.5, 0.6) is 5.88 Å². The quantitative estimate of drug-likeness (QED) is 0.125. The Morgan fingerprint density at radius 2 is 1.80 bits per heavy atom. The number of hydrogen-bond acceptors (Lipinski definition) is 9. The first-order chi connectivity index (χ1) is 26.0. The van der Waals surface area contributed by atoms with Gasteiger partial charge >= 0.3 is 12.1 Å². The highest BCUT2D eigenvalue weighted by Crippen LogP contribution is 2.33. The molecular formula is C42H42FN5O6. The number of aromatic nitrogens is 3. The minimum absolute atomic E-state index is 0.0512. The second-order valence-electron chi connectivity index (χ2n) is 13.9. The molecule has 0 N–H and O–H groups in total. The summed E-state index contributed by atoms with van der Waals surface area (Å²) < 4.78 is 38.5. The van der Waals surface area contributed by atoms with Crippen LogP contribution in [-0.2, 0) is 33.8 Å². The maximum atomic E-state index is 14.5. The molecule has 0 atom stereocenters. The molecule has 1 aliphatic rings. The van der Waals surface area contributed by atoms with Crippen LogP contribution in [-0.4, -0.2) is 71.0 Å². The molecule has 0 bridgehead atoms. The highest BCUT2D eigenvalue weighted by Gasteiger charge is 2.25. The molecule has 0 saturated carbocycles. The lowest BCUT2D eigenvalue weighted by atomic mass is 9.91.